The quantitative estimate of drug-likeness (QED) is 0.377. The fourth-order valence-electron chi connectivity index (χ4n) is 6.26. The summed E-state index contributed by atoms with van der Waals surface area (Å²) in [4.78, 5) is 41.2. The van der Waals surface area contributed by atoms with Crippen molar-refractivity contribution in [3.63, 3.8) is 0 Å². The monoisotopic (exact) mass is 519 g/mol. The molecule has 5 heterocycles. The minimum Gasteiger partial charge on any atom is -0.381 e. The number of pyridine rings is 1. The first kappa shape index (κ1) is 23.8. The first-order valence-corrected chi connectivity index (χ1v) is 13.5. The van der Waals surface area contributed by atoms with Gasteiger partial charge in [-0.3, -0.25) is 19.0 Å². The van der Waals surface area contributed by atoms with Crippen LogP contribution < -0.4 is 5.56 Å². The zero-order valence-electron chi connectivity index (χ0n) is 21.8. The van der Waals surface area contributed by atoms with Crippen molar-refractivity contribution in [2.45, 2.75) is 38.1 Å². The fraction of sp³-hybridized carbons (Fsp3) is 0.290. The number of rotatable bonds is 3. The van der Waals surface area contributed by atoms with E-state index in [1.807, 2.05) is 46.6 Å². The number of imidazole rings is 1. The van der Waals surface area contributed by atoms with E-state index in [-0.39, 0.29) is 23.4 Å². The van der Waals surface area contributed by atoms with Crippen LogP contribution in [0.2, 0.25) is 0 Å². The van der Waals surface area contributed by atoms with Gasteiger partial charge in [-0.25, -0.2) is 4.98 Å². The lowest BCUT2D eigenvalue weighted by atomic mass is 9.88. The van der Waals surface area contributed by atoms with Gasteiger partial charge in [0.2, 0.25) is 0 Å². The second-order valence-electron chi connectivity index (χ2n) is 10.5. The highest BCUT2D eigenvalue weighted by molar-refractivity contribution is 5.99. The number of nitrogens with zero attached hydrogens (tertiary/aromatic N) is 4. The average molecular weight is 520 g/mol. The van der Waals surface area contributed by atoms with Crippen LogP contribution in [0.25, 0.3) is 16.6 Å². The van der Waals surface area contributed by atoms with E-state index in [0.29, 0.717) is 36.4 Å². The molecular formula is C31H29N5O3. The van der Waals surface area contributed by atoms with Crippen molar-refractivity contribution in [3.8, 4) is 0 Å². The molecule has 0 radical (unpaired) electrons. The molecule has 1 N–H and O–H groups in total. The number of aromatic amines is 1. The Bertz CT molecular complexity index is 1770. The van der Waals surface area contributed by atoms with Gasteiger partial charge in [-0.05, 0) is 72.7 Å². The largest absolute Gasteiger partial charge is 0.381 e. The van der Waals surface area contributed by atoms with Crippen molar-refractivity contribution in [2.24, 2.45) is 0 Å². The van der Waals surface area contributed by atoms with Gasteiger partial charge in [-0.15, -0.1) is 0 Å². The highest BCUT2D eigenvalue weighted by Crippen LogP contribution is 2.37. The van der Waals surface area contributed by atoms with E-state index in [4.69, 9.17) is 4.74 Å². The molecule has 3 aromatic heterocycles. The Morgan fingerprint density at radius 2 is 1.85 bits per heavy atom. The molecule has 1 unspecified atom stereocenters. The average Bonchev–Trinajstić information content (AvgIpc) is 3.44. The zero-order valence-corrected chi connectivity index (χ0v) is 21.8. The molecular weight excluding hydrogens is 490 g/mol. The van der Waals surface area contributed by atoms with Crippen LogP contribution in [0.1, 0.15) is 63.2 Å². The first-order valence-electron chi connectivity index (χ1n) is 13.5. The summed E-state index contributed by atoms with van der Waals surface area (Å²) in [7, 11) is 0. The van der Waals surface area contributed by atoms with E-state index in [9.17, 15) is 9.59 Å². The molecule has 1 fully saturated rings. The Kier molecular flexibility index (Phi) is 5.77. The van der Waals surface area contributed by atoms with E-state index in [0.717, 1.165) is 47.3 Å². The molecule has 1 amide bonds. The van der Waals surface area contributed by atoms with Crippen molar-refractivity contribution in [1.82, 2.24) is 24.3 Å². The molecule has 2 aliphatic rings. The Morgan fingerprint density at radius 3 is 2.67 bits per heavy atom. The summed E-state index contributed by atoms with van der Waals surface area (Å²) in [6.07, 6.45) is 7.73. The van der Waals surface area contributed by atoms with Gasteiger partial charge in [-0.1, -0.05) is 24.3 Å². The third kappa shape index (κ3) is 3.94. The maximum atomic E-state index is 14.3. The van der Waals surface area contributed by atoms with Gasteiger partial charge in [0.05, 0.1) is 23.3 Å². The van der Waals surface area contributed by atoms with Gasteiger partial charge >= 0.3 is 0 Å². The molecule has 196 valence electrons. The standard InChI is InChI=1S/C31H29N5O3/c1-19-16-26-25(34-30(37)27-18-33-29(36(26)27)22-9-14-39-15-10-22)17-24(19)31(38)35-13-8-20-4-2-3-5-23(20)28(35)21-6-11-32-12-7-21/h2-7,11-12,16-18,22,28H,8-10,13-15H2,1H3,(H,34,37). The summed E-state index contributed by atoms with van der Waals surface area (Å²) in [5, 5.41) is 0. The third-order valence-corrected chi connectivity index (χ3v) is 8.24. The fourth-order valence-corrected chi connectivity index (χ4v) is 6.26. The number of amides is 1. The molecule has 0 spiro atoms. The lowest BCUT2D eigenvalue weighted by molar-refractivity contribution is 0.0694. The van der Waals surface area contributed by atoms with Crippen molar-refractivity contribution >= 4 is 22.5 Å². The van der Waals surface area contributed by atoms with Crippen LogP contribution in [0.4, 0.5) is 0 Å². The number of hydrogen-bond donors (Lipinski definition) is 1. The summed E-state index contributed by atoms with van der Waals surface area (Å²) in [5.41, 5.74) is 6.66. The Morgan fingerprint density at radius 1 is 1.05 bits per heavy atom. The van der Waals surface area contributed by atoms with Crippen molar-refractivity contribution < 1.29 is 9.53 Å². The number of carbonyl (C=O) groups is 1. The van der Waals surface area contributed by atoms with Crippen LogP contribution in [0.15, 0.2) is 71.9 Å². The second kappa shape index (κ2) is 9.47. The van der Waals surface area contributed by atoms with Gasteiger partial charge < -0.3 is 14.6 Å². The normalized spacial score (nSPS) is 18.0. The Hall–Kier alpha value is -4.30. The molecule has 39 heavy (non-hydrogen) atoms. The summed E-state index contributed by atoms with van der Waals surface area (Å²) in [6.45, 7) is 3.95. The van der Waals surface area contributed by atoms with Crippen molar-refractivity contribution in [1.29, 1.82) is 0 Å². The summed E-state index contributed by atoms with van der Waals surface area (Å²) < 4.78 is 7.53. The van der Waals surface area contributed by atoms with Crippen molar-refractivity contribution in [2.75, 3.05) is 19.8 Å². The predicted molar refractivity (Wildman–Crippen MR) is 148 cm³/mol. The molecule has 2 aliphatic heterocycles. The minimum atomic E-state index is -0.212. The number of H-pyrrole nitrogens is 1. The van der Waals surface area contributed by atoms with Crippen LogP contribution in [0, 0.1) is 6.92 Å². The summed E-state index contributed by atoms with van der Waals surface area (Å²) in [6, 6.07) is 15.9. The highest BCUT2D eigenvalue weighted by Gasteiger charge is 2.33. The zero-order chi connectivity index (χ0) is 26.5. The van der Waals surface area contributed by atoms with Crippen LogP contribution in [0.5, 0.6) is 0 Å². The summed E-state index contributed by atoms with van der Waals surface area (Å²) in [5.74, 6) is 1.05. The molecule has 2 aromatic carbocycles. The number of aromatic nitrogens is 4. The number of carbonyl (C=O) groups excluding carboxylic acids is 1. The van der Waals surface area contributed by atoms with Crippen LogP contribution >= 0.6 is 0 Å². The lowest BCUT2D eigenvalue weighted by Gasteiger charge is -2.38. The van der Waals surface area contributed by atoms with Gasteiger partial charge in [0.25, 0.3) is 11.5 Å². The molecule has 0 aliphatic carbocycles. The van der Waals surface area contributed by atoms with Gasteiger partial charge in [-0.2, -0.15) is 0 Å². The van der Waals surface area contributed by atoms with Crippen LogP contribution in [0.3, 0.4) is 0 Å². The van der Waals surface area contributed by atoms with Crippen molar-refractivity contribution in [3.05, 3.63) is 111 Å². The smallest absolute Gasteiger partial charge is 0.274 e. The minimum absolute atomic E-state index is 0.0538. The molecule has 8 nitrogen and oxygen atoms in total. The SMILES string of the molecule is Cc1cc2c(cc1C(=O)N1CCc3ccccc3C1c1ccncc1)[nH]c(=O)c1cnc(C3CCOCC3)n12. The van der Waals surface area contributed by atoms with E-state index >= 15 is 0 Å². The Balaban J connectivity index is 1.35. The second-order valence-corrected chi connectivity index (χ2v) is 10.5. The molecule has 7 rings (SSSR count). The first-order chi connectivity index (χ1) is 19.1. The van der Waals surface area contributed by atoms with Crippen LogP contribution in [-0.2, 0) is 11.2 Å². The van der Waals surface area contributed by atoms with E-state index in [2.05, 4.69) is 33.2 Å². The summed E-state index contributed by atoms with van der Waals surface area (Å²) >= 11 is 0. The van der Waals surface area contributed by atoms with E-state index < -0.39 is 0 Å². The topological polar surface area (TPSA) is 92.6 Å². The number of nitrogens with one attached hydrogen (secondary N) is 1. The molecule has 0 saturated carbocycles. The van der Waals surface area contributed by atoms with E-state index in [1.54, 1.807) is 18.6 Å². The predicted octanol–water partition coefficient (Wildman–Crippen LogP) is 4.56. The number of ether oxygens (including phenoxy) is 1. The molecule has 1 saturated heterocycles. The van der Waals surface area contributed by atoms with Gasteiger partial charge in [0.15, 0.2) is 0 Å². The number of fused-ring (bicyclic) bond motifs is 4. The maximum Gasteiger partial charge on any atom is 0.274 e. The van der Waals surface area contributed by atoms with E-state index in [1.165, 1.54) is 5.56 Å². The third-order valence-electron chi connectivity index (χ3n) is 8.24. The molecule has 5 aromatic rings. The maximum absolute atomic E-state index is 14.3. The van der Waals surface area contributed by atoms with Gasteiger partial charge in [0.1, 0.15) is 11.3 Å². The molecule has 0 bridgehead atoms. The lowest BCUT2D eigenvalue weighted by Crippen LogP contribution is -2.41. The number of benzene rings is 2. The van der Waals surface area contributed by atoms with Crippen LogP contribution in [-0.4, -0.2) is 49.9 Å². The van der Waals surface area contributed by atoms with Gasteiger partial charge in [0, 0.05) is 43.6 Å². The number of hydrogen-bond acceptors (Lipinski definition) is 5. The molecule has 1 atom stereocenters. The highest BCUT2D eigenvalue weighted by atomic mass is 16.5. The molecule has 8 heteroatoms. The Labute approximate surface area is 225 Å². The number of aryl methyl sites for hydroxylation is 1.